The van der Waals surface area contributed by atoms with Crippen LogP contribution in [0.2, 0.25) is 0 Å². The summed E-state index contributed by atoms with van der Waals surface area (Å²) in [5, 5.41) is 8.72. The van der Waals surface area contributed by atoms with Crippen LogP contribution in [0.5, 0.6) is 0 Å². The van der Waals surface area contributed by atoms with Gasteiger partial charge in [0, 0.05) is 37.7 Å². The molecular weight excluding hydrogens is 250 g/mol. The van der Waals surface area contributed by atoms with Crippen molar-refractivity contribution in [2.75, 3.05) is 18.8 Å². The zero-order valence-corrected chi connectivity index (χ0v) is 11.5. The highest BCUT2D eigenvalue weighted by atomic mass is 15.2. The first kappa shape index (κ1) is 12.9. The second-order valence-corrected chi connectivity index (χ2v) is 5.39. The van der Waals surface area contributed by atoms with Gasteiger partial charge in [-0.2, -0.15) is 5.26 Å². The van der Waals surface area contributed by atoms with Crippen molar-refractivity contribution in [3.8, 4) is 6.07 Å². The third kappa shape index (κ3) is 2.91. The number of aromatic amines is 1. The highest BCUT2D eigenvalue weighted by Crippen LogP contribution is 2.27. The van der Waals surface area contributed by atoms with Crippen LogP contribution in [0.1, 0.15) is 25.1 Å². The van der Waals surface area contributed by atoms with Crippen molar-refractivity contribution in [3.05, 3.63) is 24.0 Å². The van der Waals surface area contributed by atoms with E-state index in [1.54, 1.807) is 0 Å². The summed E-state index contributed by atoms with van der Waals surface area (Å²) < 4.78 is 0. The number of nitrogens with zero attached hydrogens (tertiary/aromatic N) is 3. The summed E-state index contributed by atoms with van der Waals surface area (Å²) in [4.78, 5) is 10.3. The number of hydrogen-bond donors (Lipinski definition) is 2. The molecule has 0 aliphatic heterocycles. The molecule has 1 heterocycles. The first-order valence-corrected chi connectivity index (χ1v) is 7.11. The van der Waals surface area contributed by atoms with E-state index in [9.17, 15) is 0 Å². The van der Waals surface area contributed by atoms with Gasteiger partial charge in [0.2, 0.25) is 0 Å². The van der Waals surface area contributed by atoms with Crippen LogP contribution in [0.3, 0.4) is 0 Å². The fraction of sp³-hybridized carbons (Fsp3) is 0.467. The molecule has 104 valence electrons. The SMILES string of the molecule is N#CCCN(CCc1nc2ccc(N)cc2[nH]1)C1CC1. The van der Waals surface area contributed by atoms with Crippen molar-refractivity contribution in [2.45, 2.75) is 31.7 Å². The lowest BCUT2D eigenvalue weighted by molar-refractivity contribution is 0.271. The zero-order chi connectivity index (χ0) is 13.9. The maximum atomic E-state index is 8.72. The third-order valence-electron chi connectivity index (χ3n) is 3.76. The number of nitrogen functional groups attached to an aromatic ring is 1. The van der Waals surface area contributed by atoms with Gasteiger partial charge in [-0.15, -0.1) is 0 Å². The van der Waals surface area contributed by atoms with Gasteiger partial charge in [-0.25, -0.2) is 4.98 Å². The van der Waals surface area contributed by atoms with E-state index in [0.29, 0.717) is 12.5 Å². The third-order valence-corrected chi connectivity index (χ3v) is 3.76. The molecule has 5 heteroatoms. The Kier molecular flexibility index (Phi) is 3.57. The predicted octanol–water partition coefficient (Wildman–Crippen LogP) is 2.07. The molecule has 1 aromatic carbocycles. The Morgan fingerprint density at radius 2 is 2.25 bits per heavy atom. The Morgan fingerprint density at radius 3 is 3.00 bits per heavy atom. The number of rotatable bonds is 6. The molecule has 0 saturated heterocycles. The lowest BCUT2D eigenvalue weighted by Crippen LogP contribution is -2.29. The molecule has 3 rings (SSSR count). The molecule has 1 aromatic heterocycles. The Morgan fingerprint density at radius 1 is 1.40 bits per heavy atom. The van der Waals surface area contributed by atoms with Crippen molar-refractivity contribution in [1.29, 1.82) is 5.26 Å². The summed E-state index contributed by atoms with van der Waals surface area (Å²) in [7, 11) is 0. The van der Waals surface area contributed by atoms with Crippen LogP contribution in [-0.4, -0.2) is 34.0 Å². The number of nitrogens with two attached hydrogens (primary N) is 1. The van der Waals surface area contributed by atoms with Gasteiger partial charge in [0.05, 0.1) is 17.1 Å². The number of H-pyrrole nitrogens is 1. The molecular formula is C15H19N5. The van der Waals surface area contributed by atoms with Gasteiger partial charge in [0.1, 0.15) is 5.82 Å². The number of aromatic nitrogens is 2. The number of nitrogens with one attached hydrogen (secondary N) is 1. The molecule has 0 spiro atoms. The molecule has 2 aromatic rings. The van der Waals surface area contributed by atoms with Gasteiger partial charge in [0.25, 0.3) is 0 Å². The molecule has 0 atom stereocenters. The number of hydrogen-bond acceptors (Lipinski definition) is 4. The Hall–Kier alpha value is -2.06. The van der Waals surface area contributed by atoms with Crippen molar-refractivity contribution in [3.63, 3.8) is 0 Å². The summed E-state index contributed by atoms with van der Waals surface area (Å²) >= 11 is 0. The van der Waals surface area contributed by atoms with Gasteiger partial charge in [-0.3, -0.25) is 4.90 Å². The van der Waals surface area contributed by atoms with E-state index in [-0.39, 0.29) is 0 Å². The van der Waals surface area contributed by atoms with Crippen molar-refractivity contribution < 1.29 is 0 Å². The van der Waals surface area contributed by atoms with Crippen LogP contribution in [0, 0.1) is 11.3 Å². The van der Waals surface area contributed by atoms with E-state index in [4.69, 9.17) is 11.0 Å². The molecule has 1 aliphatic carbocycles. The Balaban J connectivity index is 1.64. The standard InChI is InChI=1S/C15H19N5/c16-7-1-8-20(12-3-4-12)9-6-15-18-13-5-2-11(17)10-14(13)19-15/h2,5,10,12H,1,3-4,6,8-9,17H2,(H,18,19). The zero-order valence-electron chi connectivity index (χ0n) is 11.5. The van der Waals surface area contributed by atoms with E-state index in [1.165, 1.54) is 12.8 Å². The van der Waals surface area contributed by atoms with Crippen molar-refractivity contribution >= 4 is 16.7 Å². The predicted molar refractivity (Wildman–Crippen MR) is 79.0 cm³/mol. The molecule has 3 N–H and O–H groups in total. The molecule has 0 radical (unpaired) electrons. The van der Waals surface area contributed by atoms with Gasteiger partial charge in [0.15, 0.2) is 0 Å². The number of nitriles is 1. The lowest BCUT2D eigenvalue weighted by Gasteiger charge is -2.19. The second kappa shape index (κ2) is 5.51. The molecule has 20 heavy (non-hydrogen) atoms. The summed E-state index contributed by atoms with van der Waals surface area (Å²) in [6, 6.07) is 8.64. The minimum atomic E-state index is 0.604. The molecule has 0 amide bonds. The number of fused-ring (bicyclic) bond motifs is 1. The molecule has 0 bridgehead atoms. The van der Waals surface area contributed by atoms with Crippen LogP contribution in [-0.2, 0) is 6.42 Å². The lowest BCUT2D eigenvalue weighted by atomic mass is 10.3. The minimum absolute atomic E-state index is 0.604. The first-order chi connectivity index (χ1) is 9.76. The van der Waals surface area contributed by atoms with E-state index in [1.807, 2.05) is 18.2 Å². The normalized spacial score (nSPS) is 14.8. The maximum Gasteiger partial charge on any atom is 0.108 e. The number of anilines is 1. The highest BCUT2D eigenvalue weighted by Gasteiger charge is 2.28. The van der Waals surface area contributed by atoms with Gasteiger partial charge in [-0.05, 0) is 31.0 Å². The fourth-order valence-corrected chi connectivity index (χ4v) is 2.56. The Bertz CT molecular complexity index is 635. The average molecular weight is 269 g/mol. The fourth-order valence-electron chi connectivity index (χ4n) is 2.56. The monoisotopic (exact) mass is 269 g/mol. The summed E-state index contributed by atoms with van der Waals surface area (Å²) in [5.74, 6) is 0.994. The van der Waals surface area contributed by atoms with E-state index < -0.39 is 0 Å². The van der Waals surface area contributed by atoms with Crippen molar-refractivity contribution in [2.24, 2.45) is 0 Å². The first-order valence-electron chi connectivity index (χ1n) is 7.11. The van der Waals surface area contributed by atoms with Gasteiger partial charge < -0.3 is 10.7 Å². The van der Waals surface area contributed by atoms with Crippen LogP contribution in [0.15, 0.2) is 18.2 Å². The second-order valence-electron chi connectivity index (χ2n) is 5.39. The molecule has 5 nitrogen and oxygen atoms in total. The van der Waals surface area contributed by atoms with Crippen LogP contribution in [0.4, 0.5) is 5.69 Å². The number of benzene rings is 1. The smallest absolute Gasteiger partial charge is 0.108 e. The molecule has 0 unspecified atom stereocenters. The summed E-state index contributed by atoms with van der Waals surface area (Å²) in [6.45, 7) is 1.83. The van der Waals surface area contributed by atoms with Crippen LogP contribution in [0.25, 0.3) is 11.0 Å². The van der Waals surface area contributed by atoms with Crippen LogP contribution >= 0.6 is 0 Å². The topological polar surface area (TPSA) is 81.7 Å². The molecule has 1 aliphatic rings. The summed E-state index contributed by atoms with van der Waals surface area (Å²) in [5.41, 5.74) is 8.48. The molecule has 1 saturated carbocycles. The average Bonchev–Trinajstić information content (AvgIpc) is 3.19. The maximum absolute atomic E-state index is 8.72. The molecule has 1 fully saturated rings. The van der Waals surface area contributed by atoms with Crippen LogP contribution < -0.4 is 5.73 Å². The quantitative estimate of drug-likeness (QED) is 0.786. The van der Waals surface area contributed by atoms with E-state index in [0.717, 1.165) is 42.1 Å². The van der Waals surface area contributed by atoms with E-state index in [2.05, 4.69) is 20.9 Å². The Labute approximate surface area is 118 Å². The van der Waals surface area contributed by atoms with Gasteiger partial charge >= 0.3 is 0 Å². The number of imidazole rings is 1. The highest BCUT2D eigenvalue weighted by molar-refractivity contribution is 5.78. The van der Waals surface area contributed by atoms with Crippen molar-refractivity contribution in [1.82, 2.24) is 14.9 Å². The minimum Gasteiger partial charge on any atom is -0.399 e. The van der Waals surface area contributed by atoms with Gasteiger partial charge in [-0.1, -0.05) is 0 Å². The van der Waals surface area contributed by atoms with E-state index >= 15 is 0 Å². The largest absolute Gasteiger partial charge is 0.399 e. The summed E-state index contributed by atoms with van der Waals surface area (Å²) in [6.07, 6.45) is 4.02.